The first-order valence-electron chi connectivity index (χ1n) is 10.3. The van der Waals surface area contributed by atoms with Crippen molar-refractivity contribution in [2.24, 2.45) is 5.92 Å². The van der Waals surface area contributed by atoms with Crippen molar-refractivity contribution < 1.29 is 4.39 Å². The van der Waals surface area contributed by atoms with E-state index in [1.807, 2.05) is 6.07 Å². The van der Waals surface area contributed by atoms with Crippen molar-refractivity contribution >= 4 is 11.3 Å². The normalized spacial score (nSPS) is 17.5. The Balaban J connectivity index is 1.35. The van der Waals surface area contributed by atoms with E-state index in [-0.39, 0.29) is 5.82 Å². The van der Waals surface area contributed by atoms with E-state index in [0.29, 0.717) is 0 Å². The molecule has 27 heavy (non-hydrogen) atoms. The molecule has 0 atom stereocenters. The van der Waals surface area contributed by atoms with Gasteiger partial charge in [-0.3, -0.25) is 0 Å². The molecule has 0 saturated heterocycles. The van der Waals surface area contributed by atoms with Gasteiger partial charge in [-0.15, -0.1) is 11.3 Å². The van der Waals surface area contributed by atoms with Crippen molar-refractivity contribution in [3.8, 4) is 21.6 Å². The molecule has 0 radical (unpaired) electrons. The largest absolute Gasteiger partial charge is 0.206 e. The van der Waals surface area contributed by atoms with Gasteiger partial charge in [-0.05, 0) is 72.1 Å². The van der Waals surface area contributed by atoms with Gasteiger partial charge >= 0.3 is 0 Å². The average molecular weight is 377 g/mol. The summed E-state index contributed by atoms with van der Waals surface area (Å²) < 4.78 is 14.8. The molecule has 0 bridgehead atoms. The van der Waals surface area contributed by atoms with Crippen LogP contribution in [0.25, 0.3) is 21.6 Å². The summed E-state index contributed by atoms with van der Waals surface area (Å²) in [5, 5.41) is 0. The van der Waals surface area contributed by atoms with Crippen LogP contribution in [0.1, 0.15) is 54.9 Å². The van der Waals surface area contributed by atoms with Gasteiger partial charge < -0.3 is 0 Å². The molecular formula is C25H25FS. The summed E-state index contributed by atoms with van der Waals surface area (Å²) >= 11 is 1.75. The minimum atomic E-state index is -0.118. The fraction of sp³-hybridized carbons (Fsp3) is 0.360. The Morgan fingerprint density at radius 2 is 1.56 bits per heavy atom. The lowest BCUT2D eigenvalue weighted by Gasteiger charge is -2.25. The van der Waals surface area contributed by atoms with E-state index in [9.17, 15) is 4.39 Å². The Labute approximate surface area is 165 Å². The third-order valence-corrected chi connectivity index (χ3v) is 7.57. The molecule has 0 aliphatic heterocycles. The molecule has 138 valence electrons. The number of rotatable bonds is 5. The summed E-state index contributed by atoms with van der Waals surface area (Å²) in [6.45, 7) is 0. The zero-order valence-electron chi connectivity index (χ0n) is 15.6. The first-order chi connectivity index (χ1) is 13.3. The van der Waals surface area contributed by atoms with Crippen LogP contribution in [0.5, 0.6) is 0 Å². The van der Waals surface area contributed by atoms with E-state index in [1.54, 1.807) is 17.4 Å². The Kier molecular flexibility index (Phi) is 4.61. The minimum absolute atomic E-state index is 0.118. The Morgan fingerprint density at radius 3 is 2.19 bits per heavy atom. The third kappa shape index (κ3) is 3.48. The van der Waals surface area contributed by atoms with Crippen molar-refractivity contribution in [1.29, 1.82) is 0 Å². The summed E-state index contributed by atoms with van der Waals surface area (Å²) in [6, 6.07) is 18.7. The number of thiophene rings is 1. The zero-order chi connectivity index (χ0) is 18.2. The maximum absolute atomic E-state index is 14.8. The molecule has 0 N–H and O–H groups in total. The number of benzene rings is 2. The number of hydrogen-bond acceptors (Lipinski definition) is 1. The van der Waals surface area contributed by atoms with Crippen molar-refractivity contribution in [3.05, 3.63) is 70.9 Å². The van der Waals surface area contributed by atoms with Gasteiger partial charge in [0.15, 0.2) is 0 Å². The highest BCUT2D eigenvalue weighted by Crippen LogP contribution is 2.38. The molecule has 2 saturated carbocycles. The van der Waals surface area contributed by atoms with E-state index in [2.05, 4.69) is 42.5 Å². The molecule has 5 rings (SSSR count). The van der Waals surface area contributed by atoms with Crippen molar-refractivity contribution in [3.63, 3.8) is 0 Å². The zero-order valence-corrected chi connectivity index (χ0v) is 16.4. The number of hydrogen-bond donors (Lipinski definition) is 0. The summed E-state index contributed by atoms with van der Waals surface area (Å²) in [7, 11) is 0. The summed E-state index contributed by atoms with van der Waals surface area (Å²) in [5.74, 6) is 1.48. The molecule has 2 aliphatic carbocycles. The first kappa shape index (κ1) is 17.2. The molecule has 2 aromatic carbocycles. The van der Waals surface area contributed by atoms with Crippen LogP contribution in [-0.2, 0) is 6.42 Å². The summed E-state index contributed by atoms with van der Waals surface area (Å²) in [5.41, 5.74) is 4.22. The maximum Gasteiger partial charge on any atom is 0.132 e. The summed E-state index contributed by atoms with van der Waals surface area (Å²) in [4.78, 5) is 2.44. The molecule has 0 spiro atoms. The standard InChI is InChI=1S/C25H25FS/c26-24-16-21(20-9-7-19(8-10-20)18-5-2-6-18)11-13-23(24)25-14-12-22(27-25)15-17-3-1-4-17/h7-14,16-18H,1-6,15H2. The predicted molar refractivity (Wildman–Crippen MR) is 113 cm³/mol. The van der Waals surface area contributed by atoms with Crippen LogP contribution in [-0.4, -0.2) is 0 Å². The molecule has 3 aromatic rings. The predicted octanol–water partition coefficient (Wildman–Crippen LogP) is 7.83. The second kappa shape index (κ2) is 7.24. The smallest absolute Gasteiger partial charge is 0.132 e. The minimum Gasteiger partial charge on any atom is -0.206 e. The Morgan fingerprint density at radius 1 is 0.815 bits per heavy atom. The highest BCUT2D eigenvalue weighted by molar-refractivity contribution is 7.15. The molecule has 0 amide bonds. The molecule has 0 nitrogen and oxygen atoms in total. The quantitative estimate of drug-likeness (QED) is 0.425. The lowest BCUT2D eigenvalue weighted by Crippen LogP contribution is -2.12. The van der Waals surface area contributed by atoms with E-state index in [0.717, 1.165) is 39.8 Å². The summed E-state index contributed by atoms with van der Waals surface area (Å²) in [6.07, 6.45) is 9.23. The van der Waals surface area contributed by atoms with Crippen molar-refractivity contribution in [2.75, 3.05) is 0 Å². The molecule has 0 unspecified atom stereocenters. The molecule has 1 aromatic heterocycles. The lowest BCUT2D eigenvalue weighted by molar-refractivity contribution is 0.316. The van der Waals surface area contributed by atoms with Crippen LogP contribution in [0.2, 0.25) is 0 Å². The molecular weight excluding hydrogens is 351 g/mol. The van der Waals surface area contributed by atoms with Crippen LogP contribution in [0.4, 0.5) is 4.39 Å². The van der Waals surface area contributed by atoms with Crippen molar-refractivity contribution in [2.45, 2.75) is 50.9 Å². The second-order valence-electron chi connectivity index (χ2n) is 8.21. The van der Waals surface area contributed by atoms with E-state index < -0.39 is 0 Å². The Bertz CT molecular complexity index is 929. The Hall–Kier alpha value is -1.93. The van der Waals surface area contributed by atoms with Gasteiger partial charge in [0.1, 0.15) is 5.82 Å². The van der Waals surface area contributed by atoms with Gasteiger partial charge in [-0.25, -0.2) is 4.39 Å². The number of halogens is 1. The van der Waals surface area contributed by atoms with Gasteiger partial charge in [-0.1, -0.05) is 56.0 Å². The van der Waals surface area contributed by atoms with Crippen LogP contribution in [0, 0.1) is 11.7 Å². The van der Waals surface area contributed by atoms with Gasteiger partial charge in [0, 0.05) is 15.3 Å². The topological polar surface area (TPSA) is 0 Å². The van der Waals surface area contributed by atoms with Crippen LogP contribution >= 0.6 is 11.3 Å². The monoisotopic (exact) mass is 376 g/mol. The lowest BCUT2D eigenvalue weighted by atomic mass is 9.80. The van der Waals surface area contributed by atoms with E-state index >= 15 is 0 Å². The molecule has 2 fully saturated rings. The maximum atomic E-state index is 14.8. The van der Waals surface area contributed by atoms with Crippen LogP contribution in [0.15, 0.2) is 54.6 Å². The van der Waals surface area contributed by atoms with Gasteiger partial charge in [-0.2, -0.15) is 0 Å². The molecule has 2 heteroatoms. The molecule has 1 heterocycles. The second-order valence-corrected chi connectivity index (χ2v) is 9.38. The van der Waals surface area contributed by atoms with Gasteiger partial charge in [0.05, 0.1) is 0 Å². The molecule has 2 aliphatic rings. The van der Waals surface area contributed by atoms with Crippen LogP contribution < -0.4 is 0 Å². The van der Waals surface area contributed by atoms with Crippen molar-refractivity contribution in [1.82, 2.24) is 0 Å². The fourth-order valence-corrected chi connectivity index (χ4v) is 5.35. The fourth-order valence-electron chi connectivity index (χ4n) is 4.20. The first-order valence-corrected chi connectivity index (χ1v) is 11.1. The van der Waals surface area contributed by atoms with Gasteiger partial charge in [0.25, 0.3) is 0 Å². The highest BCUT2D eigenvalue weighted by atomic mass is 32.1. The third-order valence-electron chi connectivity index (χ3n) is 6.43. The van der Waals surface area contributed by atoms with Gasteiger partial charge in [0.2, 0.25) is 0 Å². The van der Waals surface area contributed by atoms with Crippen LogP contribution in [0.3, 0.4) is 0 Å². The highest BCUT2D eigenvalue weighted by Gasteiger charge is 2.20. The average Bonchev–Trinajstić information content (AvgIpc) is 3.06. The van der Waals surface area contributed by atoms with E-state index in [1.165, 1.54) is 49.0 Å². The SMILES string of the molecule is Fc1cc(-c2ccc(C3CCC3)cc2)ccc1-c1ccc(CC2CCC2)s1. The van der Waals surface area contributed by atoms with E-state index in [4.69, 9.17) is 0 Å².